The first-order valence-corrected chi connectivity index (χ1v) is 11.1. The molecule has 1 fully saturated rings. The van der Waals surface area contributed by atoms with Crippen LogP contribution in [0.3, 0.4) is 0 Å². The predicted molar refractivity (Wildman–Crippen MR) is 125 cm³/mol. The van der Waals surface area contributed by atoms with Crippen LogP contribution in [0.1, 0.15) is 58.9 Å². The van der Waals surface area contributed by atoms with E-state index in [9.17, 15) is 4.79 Å². The number of benzene rings is 2. The van der Waals surface area contributed by atoms with Crippen molar-refractivity contribution in [2.24, 2.45) is 23.7 Å². The van der Waals surface area contributed by atoms with E-state index in [1.165, 1.54) is 22.8 Å². The van der Waals surface area contributed by atoms with E-state index in [-0.39, 0.29) is 17.3 Å². The van der Waals surface area contributed by atoms with Gasteiger partial charge in [0.15, 0.2) is 0 Å². The third-order valence-electron chi connectivity index (χ3n) is 7.11. The molecule has 0 amide bonds. The van der Waals surface area contributed by atoms with Gasteiger partial charge in [0.1, 0.15) is 5.78 Å². The highest BCUT2D eigenvalue weighted by atomic mass is 16.1. The van der Waals surface area contributed by atoms with E-state index in [0.717, 1.165) is 19.3 Å². The fourth-order valence-corrected chi connectivity index (χ4v) is 5.34. The maximum Gasteiger partial charge on any atom is 0.143 e. The minimum atomic E-state index is -0.0425. The molecule has 0 heterocycles. The molecule has 154 valence electrons. The van der Waals surface area contributed by atoms with Crippen LogP contribution in [0.4, 0.5) is 0 Å². The van der Waals surface area contributed by atoms with E-state index in [1.807, 2.05) is 19.1 Å². The Morgan fingerprint density at radius 3 is 2.59 bits per heavy atom. The Hall–Kier alpha value is -2.15. The second kappa shape index (κ2) is 9.11. The molecule has 0 aromatic heterocycles. The fraction of sp³-hybridized carbons (Fsp3) is 0.464. The van der Waals surface area contributed by atoms with E-state index >= 15 is 0 Å². The van der Waals surface area contributed by atoms with Crippen LogP contribution in [0, 0.1) is 23.7 Å². The topological polar surface area (TPSA) is 17.1 Å². The van der Waals surface area contributed by atoms with Gasteiger partial charge in [-0.2, -0.15) is 0 Å². The number of allylic oxidation sites excluding steroid dienone is 3. The van der Waals surface area contributed by atoms with E-state index in [2.05, 4.69) is 75.9 Å². The molecule has 2 aromatic carbocycles. The zero-order chi connectivity index (χ0) is 21.0. The number of carbonyl (C=O) groups excluding carboxylic acids is 1. The van der Waals surface area contributed by atoms with Crippen LogP contribution in [-0.2, 0) is 10.2 Å². The highest BCUT2D eigenvalue weighted by molar-refractivity contribution is 5.86. The highest BCUT2D eigenvalue weighted by Gasteiger charge is 2.44. The summed E-state index contributed by atoms with van der Waals surface area (Å²) in [5.41, 5.74) is 1.30. The summed E-state index contributed by atoms with van der Waals surface area (Å²) in [6.07, 6.45) is 10.0. The third-order valence-corrected chi connectivity index (χ3v) is 7.11. The van der Waals surface area contributed by atoms with Crippen LogP contribution in [-0.4, -0.2) is 5.78 Å². The maximum absolute atomic E-state index is 13.6. The molecule has 1 nitrogen and oxygen atoms in total. The molecular weight excluding hydrogens is 352 g/mol. The summed E-state index contributed by atoms with van der Waals surface area (Å²) in [6, 6.07) is 15.4. The van der Waals surface area contributed by atoms with Crippen molar-refractivity contribution in [2.75, 3.05) is 0 Å². The zero-order valence-corrected chi connectivity index (χ0v) is 18.5. The summed E-state index contributed by atoms with van der Waals surface area (Å²) in [4.78, 5) is 13.6. The normalized spacial score (nSPS) is 23.9. The summed E-state index contributed by atoms with van der Waals surface area (Å²) < 4.78 is 0. The second-order valence-corrected chi connectivity index (χ2v) is 9.47. The number of rotatable bonds is 7. The lowest BCUT2D eigenvalue weighted by Gasteiger charge is -2.45. The van der Waals surface area contributed by atoms with E-state index in [1.54, 1.807) is 0 Å². The highest BCUT2D eigenvalue weighted by Crippen LogP contribution is 2.47. The summed E-state index contributed by atoms with van der Waals surface area (Å²) in [6.45, 7) is 12.9. The van der Waals surface area contributed by atoms with Gasteiger partial charge in [0.2, 0.25) is 0 Å². The first-order chi connectivity index (χ1) is 13.9. The molecule has 0 unspecified atom stereocenters. The molecule has 2 aromatic rings. The SMILES string of the molecule is C=CC[C@H](/C=C\C)C(=O)[C@@H]1C[C@H](C)CC[C@H]1C(C)(C)c1ccc2ccccc2c1. The van der Waals surface area contributed by atoms with Crippen LogP contribution < -0.4 is 0 Å². The molecule has 1 aliphatic rings. The van der Waals surface area contributed by atoms with Gasteiger partial charge in [0.25, 0.3) is 0 Å². The summed E-state index contributed by atoms with van der Waals surface area (Å²) in [5, 5.41) is 2.56. The minimum absolute atomic E-state index is 0.0392. The molecule has 0 spiro atoms. The van der Waals surface area contributed by atoms with Gasteiger partial charge in [-0.15, -0.1) is 6.58 Å². The van der Waals surface area contributed by atoms with Crippen molar-refractivity contribution in [3.8, 4) is 0 Å². The predicted octanol–water partition coefficient (Wildman–Crippen LogP) is 7.51. The quantitative estimate of drug-likeness (QED) is 0.449. The lowest BCUT2D eigenvalue weighted by atomic mass is 9.59. The van der Waals surface area contributed by atoms with E-state index in [0.29, 0.717) is 17.6 Å². The average molecular weight is 389 g/mol. The van der Waals surface area contributed by atoms with Crippen LogP contribution in [0.15, 0.2) is 67.3 Å². The number of hydrogen-bond acceptors (Lipinski definition) is 1. The largest absolute Gasteiger partial charge is 0.299 e. The van der Waals surface area contributed by atoms with E-state index < -0.39 is 0 Å². The summed E-state index contributed by atoms with van der Waals surface area (Å²) >= 11 is 0. The summed E-state index contributed by atoms with van der Waals surface area (Å²) in [7, 11) is 0. The smallest absolute Gasteiger partial charge is 0.143 e. The van der Waals surface area contributed by atoms with Gasteiger partial charge in [-0.25, -0.2) is 0 Å². The number of carbonyl (C=O) groups is 1. The van der Waals surface area contributed by atoms with Crippen LogP contribution in [0.5, 0.6) is 0 Å². The van der Waals surface area contributed by atoms with Crippen molar-refractivity contribution < 1.29 is 4.79 Å². The summed E-state index contributed by atoms with van der Waals surface area (Å²) in [5.74, 6) is 1.46. The molecule has 0 radical (unpaired) electrons. The molecule has 29 heavy (non-hydrogen) atoms. The molecule has 3 rings (SSSR count). The third kappa shape index (κ3) is 4.55. The Kier molecular flexibility index (Phi) is 6.77. The van der Waals surface area contributed by atoms with Crippen molar-refractivity contribution in [3.63, 3.8) is 0 Å². The van der Waals surface area contributed by atoms with Crippen LogP contribution in [0.25, 0.3) is 10.8 Å². The van der Waals surface area contributed by atoms with Crippen LogP contribution >= 0.6 is 0 Å². The van der Waals surface area contributed by atoms with Gasteiger partial charge in [-0.05, 0) is 59.8 Å². The van der Waals surface area contributed by atoms with Crippen molar-refractivity contribution in [1.82, 2.24) is 0 Å². The van der Waals surface area contributed by atoms with Crippen molar-refractivity contribution in [2.45, 2.75) is 58.8 Å². The molecule has 0 saturated heterocycles. The molecular formula is C28H36O. The first-order valence-electron chi connectivity index (χ1n) is 11.1. The zero-order valence-electron chi connectivity index (χ0n) is 18.5. The Labute approximate surface area is 176 Å². The Morgan fingerprint density at radius 1 is 1.17 bits per heavy atom. The maximum atomic E-state index is 13.6. The van der Waals surface area contributed by atoms with Gasteiger partial charge in [-0.1, -0.05) is 87.9 Å². The lowest BCUT2D eigenvalue weighted by molar-refractivity contribution is -0.130. The number of ketones is 1. The Morgan fingerprint density at radius 2 is 1.90 bits per heavy atom. The lowest BCUT2D eigenvalue weighted by Crippen LogP contribution is -2.43. The van der Waals surface area contributed by atoms with Gasteiger partial charge in [0, 0.05) is 11.8 Å². The van der Waals surface area contributed by atoms with E-state index in [4.69, 9.17) is 0 Å². The van der Waals surface area contributed by atoms with Crippen molar-refractivity contribution in [1.29, 1.82) is 0 Å². The van der Waals surface area contributed by atoms with Crippen LogP contribution in [0.2, 0.25) is 0 Å². The molecule has 1 saturated carbocycles. The van der Waals surface area contributed by atoms with Gasteiger partial charge >= 0.3 is 0 Å². The molecule has 1 aliphatic carbocycles. The average Bonchev–Trinajstić information content (AvgIpc) is 2.72. The van der Waals surface area contributed by atoms with Gasteiger partial charge in [0.05, 0.1) is 0 Å². The molecule has 0 aliphatic heterocycles. The molecule has 1 heteroatoms. The second-order valence-electron chi connectivity index (χ2n) is 9.47. The molecule has 4 atom stereocenters. The Balaban J connectivity index is 1.97. The Bertz CT molecular complexity index is 888. The van der Waals surface area contributed by atoms with Gasteiger partial charge in [-0.3, -0.25) is 4.79 Å². The standard InChI is InChI=1S/C28H36O/c1-6-10-22(11-7-2)27(29)25-18-20(3)14-17-26(25)28(4,5)24-16-15-21-12-8-9-13-23(21)19-24/h6-9,11-13,15-16,19-20,22,25-26H,1,10,14,17-18H2,2-5H3/b11-7-/t20-,22-,25-,26-/m1/s1. The molecule has 0 bridgehead atoms. The fourth-order valence-electron chi connectivity index (χ4n) is 5.34. The number of Topliss-reactive ketones (excluding diaryl/α,β-unsaturated/α-hetero) is 1. The number of hydrogen-bond donors (Lipinski definition) is 0. The number of fused-ring (bicyclic) bond motifs is 1. The first kappa shape index (κ1) is 21.6. The minimum Gasteiger partial charge on any atom is -0.299 e. The van der Waals surface area contributed by atoms with Crippen molar-refractivity contribution in [3.05, 3.63) is 72.8 Å². The van der Waals surface area contributed by atoms with Crippen molar-refractivity contribution >= 4 is 16.6 Å². The molecule has 0 N–H and O–H groups in total. The monoisotopic (exact) mass is 388 g/mol. The van der Waals surface area contributed by atoms with Gasteiger partial charge < -0.3 is 0 Å².